The van der Waals surface area contributed by atoms with Crippen molar-refractivity contribution in [3.8, 4) is 0 Å². The fourth-order valence-electron chi connectivity index (χ4n) is 3.89. The lowest BCUT2D eigenvalue weighted by Gasteiger charge is -2.19. The van der Waals surface area contributed by atoms with E-state index in [0.29, 0.717) is 0 Å². The van der Waals surface area contributed by atoms with Crippen molar-refractivity contribution < 1.29 is 0 Å². The van der Waals surface area contributed by atoms with Crippen molar-refractivity contribution >= 4 is 29.5 Å². The molecule has 0 bridgehead atoms. The largest absolute Gasteiger partial charge is 0.377 e. The molecule has 0 heterocycles. The second-order valence-electron chi connectivity index (χ2n) is 8.15. The molecular formula is C31H29N. The average molecular weight is 416 g/mol. The van der Waals surface area contributed by atoms with E-state index in [1.807, 2.05) is 6.07 Å². The van der Waals surface area contributed by atoms with Crippen LogP contribution in [-0.4, -0.2) is 14.1 Å². The Morgan fingerprint density at radius 3 is 1.81 bits per heavy atom. The van der Waals surface area contributed by atoms with E-state index in [9.17, 15) is 0 Å². The molecule has 0 aromatic heterocycles. The summed E-state index contributed by atoms with van der Waals surface area (Å²) >= 11 is 0. The number of hydrogen-bond donors (Lipinski definition) is 0. The van der Waals surface area contributed by atoms with Crippen molar-refractivity contribution in [3.63, 3.8) is 0 Å². The van der Waals surface area contributed by atoms with E-state index in [1.165, 1.54) is 39.1 Å². The lowest BCUT2D eigenvalue weighted by atomic mass is 9.94. The van der Waals surface area contributed by atoms with E-state index < -0.39 is 0 Å². The minimum atomic E-state index is 0.861. The molecule has 0 spiro atoms. The van der Waals surface area contributed by atoms with E-state index in [0.717, 1.165) is 6.42 Å². The summed E-state index contributed by atoms with van der Waals surface area (Å²) in [6, 6.07) is 38.4. The Bertz CT molecular complexity index is 1190. The van der Waals surface area contributed by atoms with Gasteiger partial charge in [-0.05, 0) is 45.5 Å². The molecule has 0 fully saturated rings. The Labute approximate surface area is 192 Å². The maximum absolute atomic E-state index is 2.32. The van der Waals surface area contributed by atoms with Crippen LogP contribution in [0.3, 0.4) is 0 Å². The molecule has 1 heteroatoms. The van der Waals surface area contributed by atoms with Gasteiger partial charge < -0.3 is 4.90 Å². The van der Waals surface area contributed by atoms with Gasteiger partial charge in [-0.2, -0.15) is 0 Å². The quantitative estimate of drug-likeness (QED) is 0.279. The smallest absolute Gasteiger partial charge is 0.0397 e. The number of allylic oxidation sites excluding steroid dienone is 1. The summed E-state index contributed by atoms with van der Waals surface area (Å²) < 4.78 is 0. The Balaban J connectivity index is 1.72. The van der Waals surface area contributed by atoms with Crippen molar-refractivity contribution in [3.05, 3.63) is 137 Å². The maximum atomic E-state index is 2.32. The minimum absolute atomic E-state index is 0.861. The van der Waals surface area contributed by atoms with Gasteiger partial charge in [0.2, 0.25) is 0 Å². The van der Waals surface area contributed by atoms with Crippen molar-refractivity contribution in [2.24, 2.45) is 0 Å². The van der Waals surface area contributed by atoms with Gasteiger partial charge >= 0.3 is 0 Å². The number of hydrogen-bond acceptors (Lipinski definition) is 1. The molecular weight excluding hydrogens is 386 g/mol. The number of rotatable bonds is 7. The van der Waals surface area contributed by atoms with Crippen molar-refractivity contribution in [2.75, 3.05) is 19.0 Å². The lowest BCUT2D eigenvalue weighted by Crippen LogP contribution is -2.11. The van der Waals surface area contributed by atoms with Gasteiger partial charge in [0.05, 0.1) is 0 Å². The minimum Gasteiger partial charge on any atom is -0.377 e. The molecule has 0 N–H and O–H groups in total. The van der Waals surface area contributed by atoms with Gasteiger partial charge in [0, 0.05) is 26.2 Å². The van der Waals surface area contributed by atoms with E-state index >= 15 is 0 Å². The van der Waals surface area contributed by atoms with Crippen LogP contribution in [0.4, 0.5) is 5.69 Å². The molecule has 4 rings (SSSR count). The Morgan fingerprint density at radius 1 is 0.625 bits per heavy atom. The number of nitrogens with zero attached hydrogens (tertiary/aromatic N) is 1. The van der Waals surface area contributed by atoms with Crippen LogP contribution >= 0.6 is 0 Å². The highest BCUT2D eigenvalue weighted by molar-refractivity contribution is 5.84. The highest BCUT2D eigenvalue weighted by Gasteiger charge is 2.10. The third kappa shape index (κ3) is 5.65. The molecule has 4 aromatic carbocycles. The molecule has 0 radical (unpaired) electrons. The molecule has 0 saturated heterocycles. The van der Waals surface area contributed by atoms with Gasteiger partial charge in [-0.3, -0.25) is 0 Å². The van der Waals surface area contributed by atoms with E-state index in [-0.39, 0.29) is 0 Å². The second-order valence-corrected chi connectivity index (χ2v) is 8.15. The summed E-state index contributed by atoms with van der Waals surface area (Å²) in [7, 11) is 4.23. The Morgan fingerprint density at radius 2 is 1.19 bits per heavy atom. The first-order chi connectivity index (χ1) is 15.7. The molecule has 0 amide bonds. The predicted octanol–water partition coefficient (Wildman–Crippen LogP) is 7.71. The highest BCUT2D eigenvalue weighted by atomic mass is 15.1. The average Bonchev–Trinajstić information content (AvgIpc) is 2.84. The first kappa shape index (κ1) is 21.4. The van der Waals surface area contributed by atoms with Crippen LogP contribution in [0.15, 0.2) is 109 Å². The van der Waals surface area contributed by atoms with Gasteiger partial charge in [-0.25, -0.2) is 0 Å². The highest BCUT2D eigenvalue weighted by Crippen LogP contribution is 2.29. The van der Waals surface area contributed by atoms with Crippen molar-refractivity contribution in [1.29, 1.82) is 0 Å². The zero-order chi connectivity index (χ0) is 22.2. The molecule has 0 aliphatic heterocycles. The second kappa shape index (κ2) is 10.5. The van der Waals surface area contributed by atoms with E-state index in [4.69, 9.17) is 0 Å². The lowest BCUT2D eigenvalue weighted by molar-refractivity contribution is 1.10. The molecule has 4 aromatic rings. The van der Waals surface area contributed by atoms with Crippen LogP contribution in [0.25, 0.3) is 23.8 Å². The normalized spacial score (nSPS) is 11.6. The first-order valence-electron chi connectivity index (χ1n) is 11.0. The zero-order valence-corrected chi connectivity index (χ0v) is 18.8. The zero-order valence-electron chi connectivity index (χ0n) is 18.8. The van der Waals surface area contributed by atoms with Crippen LogP contribution in [0, 0.1) is 0 Å². The summed E-state index contributed by atoms with van der Waals surface area (Å²) in [5, 5.41) is 0. The standard InChI is InChI=1S/C31H29N/c1-32(2)31-21-20-27(19-18-25-12-6-3-7-13-25)23-30(31)24-29(28-16-10-5-11-17-28)22-26-14-8-4-9-15-26/h3-23H,24H2,1-2H3/b19-18+,29-22-. The summed E-state index contributed by atoms with van der Waals surface area (Å²) in [5.41, 5.74) is 8.77. The number of benzene rings is 4. The van der Waals surface area contributed by atoms with Gasteiger partial charge in [0.25, 0.3) is 0 Å². The summed E-state index contributed by atoms with van der Waals surface area (Å²) in [5.74, 6) is 0. The van der Waals surface area contributed by atoms with Gasteiger partial charge in [0.1, 0.15) is 0 Å². The summed E-state index contributed by atoms with van der Waals surface area (Å²) in [6.07, 6.45) is 7.54. The van der Waals surface area contributed by atoms with E-state index in [2.05, 4.69) is 140 Å². The van der Waals surface area contributed by atoms with Crippen LogP contribution < -0.4 is 4.90 Å². The van der Waals surface area contributed by atoms with Crippen molar-refractivity contribution in [1.82, 2.24) is 0 Å². The van der Waals surface area contributed by atoms with Crippen molar-refractivity contribution in [2.45, 2.75) is 6.42 Å². The van der Waals surface area contributed by atoms with Crippen LogP contribution in [-0.2, 0) is 6.42 Å². The van der Waals surface area contributed by atoms with Gasteiger partial charge in [-0.1, -0.05) is 115 Å². The molecule has 0 atom stereocenters. The predicted molar refractivity (Wildman–Crippen MR) is 141 cm³/mol. The van der Waals surface area contributed by atoms with Crippen LogP contribution in [0.1, 0.15) is 27.8 Å². The van der Waals surface area contributed by atoms with E-state index in [1.54, 1.807) is 0 Å². The molecule has 0 aliphatic carbocycles. The molecule has 158 valence electrons. The Hall–Kier alpha value is -3.84. The molecule has 32 heavy (non-hydrogen) atoms. The van der Waals surface area contributed by atoms with Gasteiger partial charge in [-0.15, -0.1) is 0 Å². The third-order valence-corrected chi connectivity index (χ3v) is 5.52. The van der Waals surface area contributed by atoms with Crippen LogP contribution in [0.2, 0.25) is 0 Å². The third-order valence-electron chi connectivity index (χ3n) is 5.52. The number of anilines is 1. The summed E-state index contributed by atoms with van der Waals surface area (Å²) in [6.45, 7) is 0. The SMILES string of the molecule is CN(C)c1ccc(/C=C/c2ccccc2)cc1C/C(=C/c1ccccc1)c1ccccc1. The monoisotopic (exact) mass is 415 g/mol. The van der Waals surface area contributed by atoms with Crippen LogP contribution in [0.5, 0.6) is 0 Å². The molecule has 0 aliphatic rings. The Kier molecular flexibility index (Phi) is 6.99. The summed E-state index contributed by atoms with van der Waals surface area (Å²) in [4.78, 5) is 2.20. The van der Waals surface area contributed by atoms with Gasteiger partial charge in [0.15, 0.2) is 0 Å². The molecule has 0 unspecified atom stereocenters. The first-order valence-corrected chi connectivity index (χ1v) is 11.0. The molecule has 1 nitrogen and oxygen atoms in total. The molecule has 0 saturated carbocycles. The fraction of sp³-hybridized carbons (Fsp3) is 0.0968. The fourth-order valence-corrected chi connectivity index (χ4v) is 3.89. The topological polar surface area (TPSA) is 3.24 Å². The maximum Gasteiger partial charge on any atom is 0.0397 e.